The van der Waals surface area contributed by atoms with Gasteiger partial charge in [-0.1, -0.05) is 45.0 Å². The zero-order valence-electron chi connectivity index (χ0n) is 10.6. The maximum atomic E-state index is 8.63. The van der Waals surface area contributed by atoms with Crippen molar-refractivity contribution in [1.29, 1.82) is 0 Å². The van der Waals surface area contributed by atoms with Gasteiger partial charge in [0.1, 0.15) is 0 Å². The van der Waals surface area contributed by atoms with Gasteiger partial charge >= 0.3 is 0 Å². The summed E-state index contributed by atoms with van der Waals surface area (Å²) in [4.78, 5) is 0. The molecule has 0 saturated heterocycles. The van der Waals surface area contributed by atoms with E-state index in [0.717, 1.165) is 13.0 Å². The molecule has 0 atom stereocenters. The third-order valence-electron chi connectivity index (χ3n) is 2.70. The molecule has 0 aromatic heterocycles. The van der Waals surface area contributed by atoms with Gasteiger partial charge < -0.3 is 10.4 Å². The molecule has 2 heteroatoms. The van der Waals surface area contributed by atoms with Crippen molar-refractivity contribution in [3.8, 4) is 0 Å². The van der Waals surface area contributed by atoms with E-state index in [9.17, 15) is 0 Å². The molecule has 0 amide bonds. The summed E-state index contributed by atoms with van der Waals surface area (Å²) < 4.78 is 0. The second kappa shape index (κ2) is 6.02. The average molecular weight is 221 g/mol. The fourth-order valence-electron chi connectivity index (χ4n) is 1.61. The van der Waals surface area contributed by atoms with E-state index in [2.05, 4.69) is 50.4 Å². The zero-order chi connectivity index (χ0) is 12.0. The van der Waals surface area contributed by atoms with Crippen molar-refractivity contribution in [1.82, 2.24) is 5.32 Å². The Bertz CT molecular complexity index is 298. The summed E-state index contributed by atoms with van der Waals surface area (Å²) in [5, 5.41) is 11.8. The number of aliphatic hydroxyl groups excluding tert-OH is 1. The van der Waals surface area contributed by atoms with Gasteiger partial charge in [0.2, 0.25) is 0 Å². The molecule has 0 bridgehead atoms. The Kier molecular flexibility index (Phi) is 4.97. The van der Waals surface area contributed by atoms with Gasteiger partial charge in [-0.15, -0.1) is 0 Å². The van der Waals surface area contributed by atoms with Crippen molar-refractivity contribution in [2.45, 2.75) is 32.6 Å². The third kappa shape index (κ3) is 4.33. The molecule has 2 N–H and O–H groups in total. The van der Waals surface area contributed by atoms with Gasteiger partial charge in [0, 0.05) is 6.54 Å². The van der Waals surface area contributed by atoms with E-state index in [1.165, 1.54) is 11.1 Å². The normalized spacial score (nSPS) is 11.8. The minimum absolute atomic E-state index is 0.211. The fourth-order valence-corrected chi connectivity index (χ4v) is 1.61. The first-order chi connectivity index (χ1) is 7.54. The van der Waals surface area contributed by atoms with Crippen LogP contribution in [0.1, 0.15) is 31.9 Å². The van der Waals surface area contributed by atoms with Crippen LogP contribution < -0.4 is 5.32 Å². The molecule has 0 unspecified atom stereocenters. The van der Waals surface area contributed by atoms with E-state index >= 15 is 0 Å². The van der Waals surface area contributed by atoms with Crippen molar-refractivity contribution in [2.24, 2.45) is 0 Å². The maximum Gasteiger partial charge on any atom is 0.0555 e. The second-order valence-electron chi connectivity index (χ2n) is 5.17. The van der Waals surface area contributed by atoms with Gasteiger partial charge in [0.15, 0.2) is 0 Å². The van der Waals surface area contributed by atoms with Crippen molar-refractivity contribution < 1.29 is 5.11 Å². The number of aliphatic hydroxyl groups is 1. The first-order valence-corrected chi connectivity index (χ1v) is 5.95. The maximum absolute atomic E-state index is 8.63. The van der Waals surface area contributed by atoms with Crippen LogP contribution in [-0.2, 0) is 11.8 Å². The smallest absolute Gasteiger partial charge is 0.0555 e. The molecule has 0 aliphatic heterocycles. The van der Waals surface area contributed by atoms with Crippen LogP contribution in [0.25, 0.3) is 0 Å². The summed E-state index contributed by atoms with van der Waals surface area (Å²) in [5.74, 6) is 0. The number of nitrogens with one attached hydrogen (secondary N) is 1. The first-order valence-electron chi connectivity index (χ1n) is 5.95. The molecule has 0 fully saturated rings. The molecule has 0 spiro atoms. The van der Waals surface area contributed by atoms with E-state index in [1.807, 2.05) is 0 Å². The Balaban J connectivity index is 2.46. The molecule has 90 valence electrons. The molecule has 0 aliphatic rings. The van der Waals surface area contributed by atoms with Crippen molar-refractivity contribution >= 4 is 0 Å². The average Bonchev–Trinajstić information content (AvgIpc) is 2.24. The Labute approximate surface area is 98.7 Å². The first kappa shape index (κ1) is 13.2. The summed E-state index contributed by atoms with van der Waals surface area (Å²) in [6.07, 6.45) is 1.02. The summed E-state index contributed by atoms with van der Waals surface area (Å²) in [5.41, 5.74) is 2.95. The number of hydrogen-bond acceptors (Lipinski definition) is 2. The lowest BCUT2D eigenvalue weighted by Gasteiger charge is -2.19. The highest BCUT2D eigenvalue weighted by molar-refractivity contribution is 5.27. The quantitative estimate of drug-likeness (QED) is 0.746. The fraction of sp³-hybridized carbons (Fsp3) is 0.571. The van der Waals surface area contributed by atoms with Crippen LogP contribution in [0.5, 0.6) is 0 Å². The largest absolute Gasteiger partial charge is 0.395 e. The highest BCUT2D eigenvalue weighted by Crippen LogP contribution is 2.22. The molecule has 1 aromatic rings. The van der Waals surface area contributed by atoms with E-state index in [1.54, 1.807) is 0 Å². The van der Waals surface area contributed by atoms with E-state index in [0.29, 0.717) is 6.54 Å². The lowest BCUT2D eigenvalue weighted by Crippen LogP contribution is -2.20. The molecule has 0 radical (unpaired) electrons. The minimum atomic E-state index is 0.211. The van der Waals surface area contributed by atoms with Crippen LogP contribution in [0.2, 0.25) is 0 Å². The molecule has 0 aliphatic carbocycles. The van der Waals surface area contributed by atoms with Gasteiger partial charge in [0.25, 0.3) is 0 Å². The van der Waals surface area contributed by atoms with Crippen LogP contribution in [0.15, 0.2) is 24.3 Å². The van der Waals surface area contributed by atoms with Crippen LogP contribution in [0.3, 0.4) is 0 Å². The summed E-state index contributed by atoms with van der Waals surface area (Å²) >= 11 is 0. The Morgan fingerprint density at radius 1 is 1.06 bits per heavy atom. The standard InChI is InChI=1S/C14H23NO/c1-14(2,3)13-6-4-12(5-7-13)8-9-15-10-11-16/h4-7,15-16H,8-11H2,1-3H3. The minimum Gasteiger partial charge on any atom is -0.395 e. The summed E-state index contributed by atoms with van der Waals surface area (Å²) in [6.45, 7) is 8.50. The second-order valence-corrected chi connectivity index (χ2v) is 5.17. The topological polar surface area (TPSA) is 32.3 Å². The highest BCUT2D eigenvalue weighted by atomic mass is 16.3. The summed E-state index contributed by atoms with van der Waals surface area (Å²) in [7, 11) is 0. The predicted molar refractivity (Wildman–Crippen MR) is 68.8 cm³/mol. The van der Waals surface area contributed by atoms with Gasteiger partial charge in [0.05, 0.1) is 6.61 Å². The van der Waals surface area contributed by atoms with Gasteiger partial charge in [-0.2, -0.15) is 0 Å². The molecule has 0 saturated carbocycles. The molecule has 0 heterocycles. The Morgan fingerprint density at radius 3 is 2.19 bits per heavy atom. The van der Waals surface area contributed by atoms with Crippen molar-refractivity contribution in [3.63, 3.8) is 0 Å². The van der Waals surface area contributed by atoms with Crippen molar-refractivity contribution in [3.05, 3.63) is 35.4 Å². The van der Waals surface area contributed by atoms with Gasteiger partial charge in [-0.3, -0.25) is 0 Å². The number of rotatable bonds is 5. The van der Waals surface area contributed by atoms with E-state index in [-0.39, 0.29) is 12.0 Å². The van der Waals surface area contributed by atoms with Crippen LogP contribution in [-0.4, -0.2) is 24.8 Å². The van der Waals surface area contributed by atoms with Gasteiger partial charge in [-0.05, 0) is 29.5 Å². The van der Waals surface area contributed by atoms with Gasteiger partial charge in [-0.25, -0.2) is 0 Å². The molecule has 2 nitrogen and oxygen atoms in total. The third-order valence-corrected chi connectivity index (χ3v) is 2.70. The monoisotopic (exact) mass is 221 g/mol. The highest BCUT2D eigenvalue weighted by Gasteiger charge is 2.12. The Morgan fingerprint density at radius 2 is 1.69 bits per heavy atom. The van der Waals surface area contributed by atoms with Crippen LogP contribution >= 0.6 is 0 Å². The molecular formula is C14H23NO. The number of benzene rings is 1. The SMILES string of the molecule is CC(C)(C)c1ccc(CCNCCO)cc1. The van der Waals surface area contributed by atoms with E-state index < -0.39 is 0 Å². The predicted octanol–water partition coefficient (Wildman–Crippen LogP) is 2.11. The number of hydrogen-bond donors (Lipinski definition) is 2. The Hall–Kier alpha value is -0.860. The van der Waals surface area contributed by atoms with Crippen molar-refractivity contribution in [2.75, 3.05) is 19.7 Å². The zero-order valence-corrected chi connectivity index (χ0v) is 10.6. The van der Waals surface area contributed by atoms with E-state index in [4.69, 9.17) is 5.11 Å². The molecule has 1 aromatic carbocycles. The molecule has 16 heavy (non-hydrogen) atoms. The lowest BCUT2D eigenvalue weighted by molar-refractivity contribution is 0.293. The lowest BCUT2D eigenvalue weighted by atomic mass is 9.86. The molecular weight excluding hydrogens is 198 g/mol. The van der Waals surface area contributed by atoms with Crippen LogP contribution in [0.4, 0.5) is 0 Å². The molecule has 1 rings (SSSR count). The summed E-state index contributed by atoms with van der Waals surface area (Å²) in [6, 6.07) is 8.81. The van der Waals surface area contributed by atoms with Crippen LogP contribution in [0, 0.1) is 0 Å².